The number of hydrogen-bond acceptors (Lipinski definition) is 6. The number of methoxy groups -OCH3 is 1. The van der Waals surface area contributed by atoms with Crippen molar-refractivity contribution in [2.45, 2.75) is 25.0 Å². The number of para-hydroxylation sites is 1. The topological polar surface area (TPSA) is 82.8 Å². The van der Waals surface area contributed by atoms with Crippen LogP contribution in [0.2, 0.25) is 0 Å². The number of ether oxygens (including phenoxy) is 2. The first kappa shape index (κ1) is 20.3. The molecule has 2 heterocycles. The lowest BCUT2D eigenvalue weighted by Crippen LogP contribution is -2.48. The van der Waals surface area contributed by atoms with E-state index < -0.39 is 11.6 Å². The van der Waals surface area contributed by atoms with Crippen molar-refractivity contribution in [3.05, 3.63) is 70.3 Å². The number of fused-ring (bicyclic) bond motifs is 1. The van der Waals surface area contributed by atoms with Gasteiger partial charge in [-0.25, -0.2) is 0 Å². The van der Waals surface area contributed by atoms with Crippen molar-refractivity contribution in [2.75, 3.05) is 19.5 Å². The van der Waals surface area contributed by atoms with E-state index in [1.54, 1.807) is 31.4 Å². The lowest BCUT2D eigenvalue weighted by molar-refractivity contribution is -0.149. The molecular formula is C23H22N2O4S. The second-order valence-electron chi connectivity index (χ2n) is 7.12. The predicted molar refractivity (Wildman–Crippen MR) is 114 cm³/mol. The molecule has 1 saturated heterocycles. The van der Waals surface area contributed by atoms with Crippen molar-refractivity contribution in [3.63, 3.8) is 0 Å². The van der Waals surface area contributed by atoms with Gasteiger partial charge in [-0.05, 0) is 25.1 Å². The van der Waals surface area contributed by atoms with Gasteiger partial charge in [0.1, 0.15) is 11.5 Å². The molecule has 2 aromatic carbocycles. The summed E-state index contributed by atoms with van der Waals surface area (Å²) in [6.07, 6.45) is 0.0899. The minimum absolute atomic E-state index is 0.0899. The molecule has 0 spiro atoms. The Bertz CT molecular complexity index is 1040. The summed E-state index contributed by atoms with van der Waals surface area (Å²) in [5, 5.41) is 22.0. The molecule has 2 aliphatic heterocycles. The highest BCUT2D eigenvalue weighted by Gasteiger charge is 2.52. The minimum atomic E-state index is -1.50. The molecular weight excluding hydrogens is 400 g/mol. The van der Waals surface area contributed by atoms with Crippen LogP contribution in [0.1, 0.15) is 30.4 Å². The lowest BCUT2D eigenvalue weighted by Gasteiger charge is -2.38. The molecule has 0 aromatic heterocycles. The van der Waals surface area contributed by atoms with Crippen LogP contribution >= 0.6 is 11.8 Å². The molecule has 2 aliphatic rings. The standard InChI is InChI=1S/C23H22N2O4S/c1-3-29-16-10-8-15(9-11-16)23(27)14-30-22-19(13-24)18(12-21(26)25(22)23)17-6-4-5-7-20(17)28-2/h4-11,18,27H,3,12,14H2,1-2H3/t18-,23-/m0/s1. The van der Waals surface area contributed by atoms with Crippen LogP contribution in [0.4, 0.5) is 0 Å². The summed E-state index contributed by atoms with van der Waals surface area (Å²) in [5.41, 5.74) is 0.366. The van der Waals surface area contributed by atoms with E-state index in [0.29, 0.717) is 34.3 Å². The van der Waals surface area contributed by atoms with E-state index in [0.717, 1.165) is 5.56 Å². The van der Waals surface area contributed by atoms with Crippen LogP contribution < -0.4 is 9.47 Å². The van der Waals surface area contributed by atoms with Crippen molar-refractivity contribution in [1.29, 1.82) is 5.26 Å². The quantitative estimate of drug-likeness (QED) is 0.790. The molecule has 4 rings (SSSR count). The second-order valence-corrected chi connectivity index (χ2v) is 8.09. The van der Waals surface area contributed by atoms with E-state index in [2.05, 4.69) is 6.07 Å². The maximum absolute atomic E-state index is 13.2. The molecule has 1 N–H and O–H groups in total. The molecule has 30 heavy (non-hydrogen) atoms. The Hall–Kier alpha value is -2.95. The monoisotopic (exact) mass is 422 g/mol. The van der Waals surface area contributed by atoms with E-state index in [9.17, 15) is 15.2 Å². The number of carbonyl (C=O) groups is 1. The van der Waals surface area contributed by atoms with E-state index in [-0.39, 0.29) is 18.1 Å². The number of benzene rings is 2. The maximum Gasteiger partial charge on any atom is 0.231 e. The van der Waals surface area contributed by atoms with E-state index in [4.69, 9.17) is 9.47 Å². The Morgan fingerprint density at radius 2 is 2.00 bits per heavy atom. The number of rotatable bonds is 5. The number of nitrogens with zero attached hydrogens (tertiary/aromatic N) is 2. The van der Waals surface area contributed by atoms with Crippen LogP contribution in [0.3, 0.4) is 0 Å². The van der Waals surface area contributed by atoms with E-state index in [1.807, 2.05) is 31.2 Å². The number of allylic oxidation sites excluding steroid dienone is 1. The van der Waals surface area contributed by atoms with Gasteiger partial charge in [0, 0.05) is 23.5 Å². The molecule has 1 amide bonds. The van der Waals surface area contributed by atoms with Crippen molar-refractivity contribution in [2.24, 2.45) is 0 Å². The van der Waals surface area contributed by atoms with Gasteiger partial charge < -0.3 is 14.6 Å². The normalized spacial score (nSPS) is 23.2. The average Bonchev–Trinajstić information content (AvgIpc) is 3.13. The number of nitriles is 1. The summed E-state index contributed by atoms with van der Waals surface area (Å²) < 4.78 is 10.9. The molecule has 0 radical (unpaired) electrons. The molecule has 0 aliphatic carbocycles. The fraction of sp³-hybridized carbons (Fsp3) is 0.304. The van der Waals surface area contributed by atoms with Gasteiger partial charge in [0.2, 0.25) is 5.91 Å². The first-order chi connectivity index (χ1) is 14.5. The molecule has 1 fully saturated rings. The van der Waals surface area contributed by atoms with Crippen LogP contribution in [-0.2, 0) is 10.5 Å². The van der Waals surface area contributed by atoms with Crippen LogP contribution in [-0.4, -0.2) is 35.4 Å². The zero-order valence-electron chi connectivity index (χ0n) is 16.8. The van der Waals surface area contributed by atoms with Crippen molar-refractivity contribution in [3.8, 4) is 17.6 Å². The first-order valence-corrected chi connectivity index (χ1v) is 10.7. The number of carbonyl (C=O) groups excluding carboxylic acids is 1. The van der Waals surface area contributed by atoms with Gasteiger partial charge in [0.05, 0.1) is 36.1 Å². The zero-order chi connectivity index (χ0) is 21.3. The molecule has 7 heteroatoms. The van der Waals surface area contributed by atoms with Crippen LogP contribution in [0.25, 0.3) is 0 Å². The Kier molecular flexibility index (Phi) is 5.46. The zero-order valence-corrected chi connectivity index (χ0v) is 17.6. The molecule has 2 aromatic rings. The van der Waals surface area contributed by atoms with Gasteiger partial charge >= 0.3 is 0 Å². The van der Waals surface area contributed by atoms with Gasteiger partial charge in [-0.2, -0.15) is 5.26 Å². The van der Waals surface area contributed by atoms with Gasteiger partial charge in [0.25, 0.3) is 0 Å². The third kappa shape index (κ3) is 3.22. The highest BCUT2D eigenvalue weighted by atomic mass is 32.2. The minimum Gasteiger partial charge on any atom is -0.496 e. The van der Waals surface area contributed by atoms with Crippen molar-refractivity contribution >= 4 is 17.7 Å². The Morgan fingerprint density at radius 3 is 2.67 bits per heavy atom. The van der Waals surface area contributed by atoms with Gasteiger partial charge in [-0.15, -0.1) is 11.8 Å². The van der Waals surface area contributed by atoms with Gasteiger partial charge in [-0.3, -0.25) is 9.69 Å². The molecule has 0 bridgehead atoms. The Balaban J connectivity index is 1.76. The van der Waals surface area contributed by atoms with Gasteiger partial charge in [0.15, 0.2) is 5.72 Å². The van der Waals surface area contributed by atoms with Crippen LogP contribution in [0, 0.1) is 11.3 Å². The van der Waals surface area contributed by atoms with E-state index in [1.165, 1.54) is 16.7 Å². The Labute approximate surface area is 179 Å². The SMILES string of the molecule is CCOc1ccc([C@@]2(O)CSC3=C(C#N)[C@H](c4ccccc4OC)CC(=O)N32)cc1. The molecule has 0 saturated carbocycles. The first-order valence-electron chi connectivity index (χ1n) is 9.72. The smallest absolute Gasteiger partial charge is 0.231 e. The average molecular weight is 423 g/mol. The predicted octanol–water partition coefficient (Wildman–Crippen LogP) is 3.74. The highest BCUT2D eigenvalue weighted by molar-refractivity contribution is 8.03. The summed E-state index contributed by atoms with van der Waals surface area (Å²) in [7, 11) is 1.57. The fourth-order valence-electron chi connectivity index (χ4n) is 4.04. The van der Waals surface area contributed by atoms with Gasteiger partial charge in [-0.1, -0.05) is 30.3 Å². The highest BCUT2D eigenvalue weighted by Crippen LogP contribution is 2.52. The fourth-order valence-corrected chi connectivity index (χ4v) is 5.40. The molecule has 0 unspecified atom stereocenters. The number of hydrogen-bond donors (Lipinski definition) is 1. The number of thioether (sulfide) groups is 1. The number of amides is 1. The summed E-state index contributed by atoms with van der Waals surface area (Å²) in [6, 6.07) is 16.8. The van der Waals surface area contributed by atoms with Crippen molar-refractivity contribution < 1.29 is 19.4 Å². The summed E-state index contributed by atoms with van der Waals surface area (Å²) in [4.78, 5) is 14.6. The summed E-state index contributed by atoms with van der Waals surface area (Å²) in [6.45, 7) is 2.45. The molecule has 154 valence electrons. The summed E-state index contributed by atoms with van der Waals surface area (Å²) >= 11 is 1.33. The van der Waals surface area contributed by atoms with E-state index >= 15 is 0 Å². The Morgan fingerprint density at radius 1 is 1.27 bits per heavy atom. The summed E-state index contributed by atoms with van der Waals surface area (Å²) in [5.74, 6) is 0.972. The third-order valence-corrected chi connectivity index (χ3v) is 6.68. The van der Waals surface area contributed by atoms with Crippen molar-refractivity contribution in [1.82, 2.24) is 4.90 Å². The second kappa shape index (κ2) is 8.05. The molecule has 6 nitrogen and oxygen atoms in total. The third-order valence-electron chi connectivity index (χ3n) is 5.45. The largest absolute Gasteiger partial charge is 0.496 e. The maximum atomic E-state index is 13.2. The lowest BCUT2D eigenvalue weighted by atomic mass is 9.85. The van der Waals surface area contributed by atoms with Crippen LogP contribution in [0.15, 0.2) is 59.1 Å². The number of aliphatic hydroxyl groups is 1. The van der Waals surface area contributed by atoms with Crippen LogP contribution in [0.5, 0.6) is 11.5 Å². The molecule has 2 atom stereocenters.